The number of carboxylic acids is 1. The van der Waals surface area contributed by atoms with Crippen LogP contribution in [0.15, 0.2) is 53.6 Å². The Balaban J connectivity index is 1.90. The standard InChI is InChI=1S/C17H16N2O4/c1-12-6-2-5-9-15(12)23-11-16(20)19-18-10-13-7-3-4-8-14(13)17(21)22/h2-10H,11H2,1H3,(H,19,20)(H,21,22)/b18-10-. The number of hydrogen-bond donors (Lipinski definition) is 2. The van der Waals surface area contributed by atoms with Gasteiger partial charge in [0.1, 0.15) is 5.75 Å². The van der Waals surface area contributed by atoms with E-state index in [0.717, 1.165) is 5.56 Å². The monoisotopic (exact) mass is 312 g/mol. The molecular formula is C17H16N2O4. The van der Waals surface area contributed by atoms with Crippen molar-refractivity contribution in [2.24, 2.45) is 5.10 Å². The largest absolute Gasteiger partial charge is 0.483 e. The minimum Gasteiger partial charge on any atom is -0.483 e. The Kier molecular flexibility index (Phi) is 5.46. The number of carbonyl (C=O) groups is 2. The Morgan fingerprint density at radius 3 is 2.61 bits per heavy atom. The first-order valence-electron chi connectivity index (χ1n) is 6.90. The van der Waals surface area contributed by atoms with E-state index in [1.165, 1.54) is 12.3 Å². The molecule has 0 unspecified atom stereocenters. The number of para-hydroxylation sites is 1. The summed E-state index contributed by atoms with van der Waals surface area (Å²) in [5.41, 5.74) is 3.74. The van der Waals surface area contributed by atoms with Crippen LogP contribution in [0.2, 0.25) is 0 Å². The number of nitrogens with zero attached hydrogens (tertiary/aromatic N) is 1. The van der Waals surface area contributed by atoms with E-state index in [1.807, 2.05) is 25.1 Å². The molecule has 2 aromatic rings. The molecule has 6 nitrogen and oxygen atoms in total. The van der Waals surface area contributed by atoms with Gasteiger partial charge in [-0.3, -0.25) is 4.79 Å². The molecule has 0 atom stereocenters. The minimum absolute atomic E-state index is 0.113. The molecule has 0 fully saturated rings. The molecule has 0 radical (unpaired) electrons. The van der Waals surface area contributed by atoms with E-state index < -0.39 is 11.9 Å². The summed E-state index contributed by atoms with van der Waals surface area (Å²) < 4.78 is 5.38. The second kappa shape index (κ2) is 7.74. The Hall–Kier alpha value is -3.15. The van der Waals surface area contributed by atoms with Crippen molar-refractivity contribution >= 4 is 18.1 Å². The number of nitrogens with one attached hydrogen (secondary N) is 1. The number of benzene rings is 2. The zero-order valence-corrected chi connectivity index (χ0v) is 12.5. The molecule has 0 saturated heterocycles. The molecule has 6 heteroatoms. The lowest BCUT2D eigenvalue weighted by Gasteiger charge is -2.07. The molecule has 0 aliphatic heterocycles. The van der Waals surface area contributed by atoms with Gasteiger partial charge in [0.2, 0.25) is 0 Å². The number of carboxylic acid groups (broad SMARTS) is 1. The van der Waals surface area contributed by atoms with Crippen LogP contribution < -0.4 is 10.2 Å². The Morgan fingerprint density at radius 2 is 1.87 bits per heavy atom. The van der Waals surface area contributed by atoms with Crippen molar-refractivity contribution in [3.8, 4) is 5.75 Å². The van der Waals surface area contributed by atoms with E-state index in [-0.39, 0.29) is 12.2 Å². The molecule has 0 bridgehead atoms. The van der Waals surface area contributed by atoms with Crippen molar-refractivity contribution in [2.75, 3.05) is 6.61 Å². The summed E-state index contributed by atoms with van der Waals surface area (Å²) in [6.45, 7) is 1.71. The summed E-state index contributed by atoms with van der Waals surface area (Å²) in [5.74, 6) is -0.860. The van der Waals surface area contributed by atoms with Crippen molar-refractivity contribution in [1.29, 1.82) is 0 Å². The molecule has 0 heterocycles. The molecule has 0 aliphatic rings. The highest BCUT2D eigenvalue weighted by Gasteiger charge is 2.07. The van der Waals surface area contributed by atoms with Gasteiger partial charge in [0.25, 0.3) is 5.91 Å². The topological polar surface area (TPSA) is 88.0 Å². The SMILES string of the molecule is Cc1ccccc1OCC(=O)N/N=C\c1ccccc1C(=O)O. The Bertz CT molecular complexity index is 741. The van der Waals surface area contributed by atoms with Crippen LogP contribution in [0.5, 0.6) is 5.75 Å². The molecule has 0 spiro atoms. The number of aromatic carboxylic acids is 1. The number of amides is 1. The first-order chi connectivity index (χ1) is 11.1. The second-order valence-corrected chi connectivity index (χ2v) is 4.74. The van der Waals surface area contributed by atoms with Gasteiger partial charge in [0.05, 0.1) is 11.8 Å². The number of carbonyl (C=O) groups excluding carboxylic acids is 1. The van der Waals surface area contributed by atoms with E-state index >= 15 is 0 Å². The van der Waals surface area contributed by atoms with Crippen molar-refractivity contribution in [2.45, 2.75) is 6.92 Å². The summed E-state index contributed by atoms with van der Waals surface area (Å²) in [6, 6.07) is 13.7. The third-order valence-electron chi connectivity index (χ3n) is 3.04. The summed E-state index contributed by atoms with van der Waals surface area (Å²) in [6.07, 6.45) is 1.29. The van der Waals surface area contributed by atoms with Crippen LogP contribution in [0.3, 0.4) is 0 Å². The van der Waals surface area contributed by atoms with E-state index in [0.29, 0.717) is 11.3 Å². The highest BCUT2D eigenvalue weighted by Crippen LogP contribution is 2.15. The van der Waals surface area contributed by atoms with Gasteiger partial charge in [-0.2, -0.15) is 5.10 Å². The van der Waals surface area contributed by atoms with Crippen LogP contribution in [0.1, 0.15) is 21.5 Å². The number of hydrazone groups is 1. The highest BCUT2D eigenvalue weighted by molar-refractivity contribution is 5.98. The maximum Gasteiger partial charge on any atom is 0.336 e. The Labute approximate surface area is 133 Å². The molecule has 0 aromatic heterocycles. The summed E-state index contributed by atoms with van der Waals surface area (Å²) in [4.78, 5) is 22.7. The fraction of sp³-hybridized carbons (Fsp3) is 0.118. The minimum atomic E-state index is -1.05. The third-order valence-corrected chi connectivity index (χ3v) is 3.04. The van der Waals surface area contributed by atoms with Gasteiger partial charge >= 0.3 is 5.97 Å². The number of aryl methyl sites for hydroxylation is 1. The molecule has 2 rings (SSSR count). The predicted octanol–water partition coefficient (Wildman–Crippen LogP) is 2.22. The fourth-order valence-corrected chi connectivity index (χ4v) is 1.87. The normalized spacial score (nSPS) is 10.5. The van der Waals surface area contributed by atoms with Crippen molar-refractivity contribution in [3.63, 3.8) is 0 Å². The molecular weight excluding hydrogens is 296 g/mol. The van der Waals surface area contributed by atoms with Gasteiger partial charge in [0, 0.05) is 5.56 Å². The molecule has 2 aromatic carbocycles. The van der Waals surface area contributed by atoms with Crippen LogP contribution in [0.25, 0.3) is 0 Å². The van der Waals surface area contributed by atoms with Gasteiger partial charge in [-0.15, -0.1) is 0 Å². The van der Waals surface area contributed by atoms with Crippen LogP contribution >= 0.6 is 0 Å². The molecule has 2 N–H and O–H groups in total. The molecule has 0 saturated carbocycles. The zero-order valence-electron chi connectivity index (χ0n) is 12.5. The second-order valence-electron chi connectivity index (χ2n) is 4.74. The van der Waals surface area contributed by atoms with Crippen molar-refractivity contribution in [1.82, 2.24) is 5.43 Å². The lowest BCUT2D eigenvalue weighted by Crippen LogP contribution is -2.24. The summed E-state index contributed by atoms with van der Waals surface area (Å²) in [5, 5.41) is 12.8. The van der Waals surface area contributed by atoms with Gasteiger partial charge < -0.3 is 9.84 Å². The number of ether oxygens (including phenoxy) is 1. The van der Waals surface area contributed by atoms with E-state index in [4.69, 9.17) is 9.84 Å². The van der Waals surface area contributed by atoms with Crippen LogP contribution in [-0.2, 0) is 4.79 Å². The van der Waals surface area contributed by atoms with Crippen LogP contribution in [0, 0.1) is 6.92 Å². The Morgan fingerprint density at radius 1 is 1.17 bits per heavy atom. The molecule has 0 aliphatic carbocycles. The summed E-state index contributed by atoms with van der Waals surface area (Å²) in [7, 11) is 0. The van der Waals surface area contributed by atoms with Crippen LogP contribution in [-0.4, -0.2) is 29.8 Å². The zero-order chi connectivity index (χ0) is 16.7. The van der Waals surface area contributed by atoms with E-state index in [1.54, 1.807) is 24.3 Å². The van der Waals surface area contributed by atoms with Gasteiger partial charge in [-0.05, 0) is 24.6 Å². The first kappa shape index (κ1) is 16.2. The smallest absolute Gasteiger partial charge is 0.336 e. The van der Waals surface area contributed by atoms with Crippen molar-refractivity contribution < 1.29 is 19.4 Å². The van der Waals surface area contributed by atoms with E-state index in [2.05, 4.69) is 10.5 Å². The molecule has 23 heavy (non-hydrogen) atoms. The third kappa shape index (κ3) is 4.67. The average molecular weight is 312 g/mol. The van der Waals surface area contributed by atoms with Gasteiger partial charge in [-0.1, -0.05) is 36.4 Å². The van der Waals surface area contributed by atoms with Gasteiger partial charge in [-0.25, -0.2) is 10.2 Å². The number of rotatable bonds is 6. The number of hydrogen-bond acceptors (Lipinski definition) is 4. The fourth-order valence-electron chi connectivity index (χ4n) is 1.87. The maximum atomic E-state index is 11.7. The molecule has 118 valence electrons. The first-order valence-corrected chi connectivity index (χ1v) is 6.90. The summed E-state index contributed by atoms with van der Waals surface area (Å²) >= 11 is 0. The van der Waals surface area contributed by atoms with Crippen LogP contribution in [0.4, 0.5) is 0 Å². The van der Waals surface area contributed by atoms with Gasteiger partial charge in [0.15, 0.2) is 6.61 Å². The quantitative estimate of drug-likeness (QED) is 0.632. The molecule has 1 amide bonds. The maximum absolute atomic E-state index is 11.7. The lowest BCUT2D eigenvalue weighted by atomic mass is 10.1. The van der Waals surface area contributed by atoms with E-state index in [9.17, 15) is 9.59 Å². The predicted molar refractivity (Wildman–Crippen MR) is 85.8 cm³/mol. The average Bonchev–Trinajstić information content (AvgIpc) is 2.54. The highest BCUT2D eigenvalue weighted by atomic mass is 16.5. The lowest BCUT2D eigenvalue weighted by molar-refractivity contribution is -0.123. The van der Waals surface area contributed by atoms with Crippen molar-refractivity contribution in [3.05, 3.63) is 65.2 Å².